The van der Waals surface area contributed by atoms with E-state index in [1.807, 2.05) is 0 Å². The quantitative estimate of drug-likeness (QED) is 0.479. The van der Waals surface area contributed by atoms with Gasteiger partial charge in [0.15, 0.2) is 0 Å². The average molecular weight is 146 g/mol. The van der Waals surface area contributed by atoms with Crippen molar-refractivity contribution in [3.63, 3.8) is 0 Å². The number of benzene rings is 1. The molecule has 0 aliphatic carbocycles. The summed E-state index contributed by atoms with van der Waals surface area (Å²) in [6.45, 7) is 0. The van der Waals surface area contributed by atoms with Crippen LogP contribution >= 0.6 is 0 Å². The second-order valence-corrected chi connectivity index (χ2v) is 4.22. The first kappa shape index (κ1) is 6.05. The third-order valence-electron chi connectivity index (χ3n) is 1.89. The van der Waals surface area contributed by atoms with Crippen LogP contribution in [0.2, 0.25) is 6.04 Å². The van der Waals surface area contributed by atoms with E-state index in [0.717, 1.165) is 0 Å². The molecule has 1 heterocycles. The lowest BCUT2D eigenvalue weighted by molar-refractivity contribution is 1.24. The highest BCUT2D eigenvalue weighted by atomic mass is 28.2. The van der Waals surface area contributed by atoms with Crippen LogP contribution < -0.4 is 5.22 Å². The van der Waals surface area contributed by atoms with Crippen molar-refractivity contribution in [2.45, 2.75) is 12.5 Å². The van der Waals surface area contributed by atoms with Gasteiger partial charge in [0.1, 0.15) is 0 Å². The van der Waals surface area contributed by atoms with Crippen LogP contribution in [0.4, 0.5) is 0 Å². The van der Waals surface area contributed by atoms with E-state index in [9.17, 15) is 0 Å². The van der Waals surface area contributed by atoms with E-state index < -0.39 is 0 Å². The van der Waals surface area contributed by atoms with Crippen molar-refractivity contribution in [2.24, 2.45) is 0 Å². The van der Waals surface area contributed by atoms with Gasteiger partial charge in [0.05, 0.1) is 0 Å². The van der Waals surface area contributed by atoms with Crippen LogP contribution in [0.25, 0.3) is 6.08 Å². The van der Waals surface area contributed by atoms with Crippen molar-refractivity contribution in [1.29, 1.82) is 0 Å². The summed E-state index contributed by atoms with van der Waals surface area (Å²) < 4.78 is 0. The van der Waals surface area contributed by atoms with Gasteiger partial charge in [-0.05, 0) is 22.5 Å². The van der Waals surface area contributed by atoms with Crippen LogP contribution in [0.15, 0.2) is 24.3 Å². The molecule has 1 aliphatic heterocycles. The summed E-state index contributed by atoms with van der Waals surface area (Å²) in [5, 5.41) is 1.49. The number of hydrogen-bond acceptors (Lipinski definition) is 0. The van der Waals surface area contributed by atoms with E-state index in [1.54, 1.807) is 4.81 Å². The first-order chi connectivity index (χ1) is 4.97. The Bertz CT molecular complexity index is 303. The van der Waals surface area contributed by atoms with Gasteiger partial charge in [-0.2, -0.15) is 0 Å². The minimum absolute atomic E-state index is 0.584. The Hall–Kier alpha value is -0.693. The van der Waals surface area contributed by atoms with Crippen molar-refractivity contribution in [3.8, 4) is 0 Å². The van der Waals surface area contributed by atoms with Crippen LogP contribution in [-0.4, -0.2) is 9.13 Å². The molecule has 1 aromatic rings. The summed E-state index contributed by atoms with van der Waals surface area (Å²) in [7, 11) is 0.584. The molecule has 0 fully saturated rings. The topological polar surface area (TPSA) is 0 Å². The predicted molar refractivity (Wildman–Crippen MR) is 45.9 cm³/mol. The van der Waals surface area contributed by atoms with Crippen LogP contribution in [0.3, 0.4) is 0 Å². The lowest BCUT2D eigenvalue weighted by Crippen LogP contribution is -2.07. The molecule has 50 valence electrons. The van der Waals surface area contributed by atoms with Gasteiger partial charge in [-0.1, -0.05) is 30.3 Å². The van der Waals surface area contributed by atoms with Crippen molar-refractivity contribution in [1.82, 2.24) is 0 Å². The minimum atomic E-state index is 0.584. The normalized spacial score (nSPS) is 14.8. The zero-order chi connectivity index (χ0) is 6.81. The Morgan fingerprint density at radius 3 is 3.00 bits per heavy atom. The van der Waals surface area contributed by atoms with Gasteiger partial charge < -0.3 is 0 Å². The second-order valence-electron chi connectivity index (χ2n) is 2.61. The summed E-state index contributed by atoms with van der Waals surface area (Å²) >= 11 is 0. The zero-order valence-corrected chi connectivity index (χ0v) is 7.03. The summed E-state index contributed by atoms with van der Waals surface area (Å²) in [6.07, 6.45) is 3.65. The Morgan fingerprint density at radius 2 is 2.10 bits per heavy atom. The molecule has 0 aromatic heterocycles. The van der Waals surface area contributed by atoms with Gasteiger partial charge >= 0.3 is 0 Å². The molecule has 0 N–H and O–H groups in total. The fourth-order valence-electron chi connectivity index (χ4n) is 1.36. The molecule has 10 heavy (non-hydrogen) atoms. The van der Waals surface area contributed by atoms with Crippen molar-refractivity contribution < 1.29 is 0 Å². The van der Waals surface area contributed by atoms with Gasteiger partial charge in [0.25, 0.3) is 0 Å². The third kappa shape index (κ3) is 0.970. The highest BCUT2D eigenvalue weighted by Crippen LogP contribution is 1.94. The lowest BCUT2D eigenvalue weighted by Gasteiger charge is -1.96. The highest BCUT2D eigenvalue weighted by molar-refractivity contribution is 6.27. The Labute approximate surface area is 62.6 Å². The van der Waals surface area contributed by atoms with E-state index >= 15 is 0 Å². The number of hydrogen-bond donors (Lipinski definition) is 0. The Kier molecular flexibility index (Phi) is 1.51. The Balaban J connectivity index is 2.84. The molecule has 0 nitrogen and oxygen atoms in total. The summed E-state index contributed by atoms with van der Waals surface area (Å²) in [5.41, 5.74) is 0. The zero-order valence-electron chi connectivity index (χ0n) is 5.88. The summed E-state index contributed by atoms with van der Waals surface area (Å²) in [4.78, 5) is 1.61. The van der Waals surface area contributed by atoms with Gasteiger partial charge in [-0.3, -0.25) is 0 Å². The maximum atomic E-state index is 2.35. The maximum Gasteiger partial charge on any atom is 0.00385 e. The van der Waals surface area contributed by atoms with Crippen LogP contribution in [-0.2, 0) is 0 Å². The van der Waals surface area contributed by atoms with Crippen LogP contribution in [0.5, 0.6) is 0 Å². The summed E-state index contributed by atoms with van der Waals surface area (Å²) in [6, 6.07) is 10.2. The molecule has 0 saturated carbocycles. The minimum Gasteiger partial charge on any atom is -0.0771 e. The van der Waals surface area contributed by atoms with Crippen LogP contribution in [0, 0.1) is 4.81 Å². The standard InChI is InChI=1S/C9H10Si/c1-2-6-9-8(4-1)5-3-7-10-9/h1-2,4-6,10H,3,7H2. The molecule has 1 heteroatoms. The first-order valence-electron chi connectivity index (χ1n) is 3.72. The van der Waals surface area contributed by atoms with Crippen molar-refractivity contribution in [3.05, 3.63) is 34.3 Å². The molecule has 0 amide bonds. The largest absolute Gasteiger partial charge is 0.0771 e. The second kappa shape index (κ2) is 2.50. The third-order valence-corrected chi connectivity index (χ3v) is 3.48. The molecule has 0 radical (unpaired) electrons. The summed E-state index contributed by atoms with van der Waals surface area (Å²) in [5.74, 6) is 0. The van der Waals surface area contributed by atoms with E-state index in [1.165, 1.54) is 17.7 Å². The van der Waals surface area contributed by atoms with Gasteiger partial charge in [-0.25, -0.2) is 0 Å². The van der Waals surface area contributed by atoms with Crippen molar-refractivity contribution in [2.75, 3.05) is 0 Å². The molecular weight excluding hydrogens is 136 g/mol. The van der Waals surface area contributed by atoms with Gasteiger partial charge in [0.2, 0.25) is 0 Å². The van der Waals surface area contributed by atoms with E-state index in [-0.39, 0.29) is 0 Å². The molecule has 1 aliphatic rings. The van der Waals surface area contributed by atoms with Gasteiger partial charge in [0, 0.05) is 9.13 Å². The van der Waals surface area contributed by atoms with E-state index in [4.69, 9.17) is 0 Å². The number of fused-ring (bicyclic) bond motifs is 1. The van der Waals surface area contributed by atoms with E-state index in [0.29, 0.717) is 9.13 Å². The molecule has 0 spiro atoms. The molecule has 2 rings (SSSR count). The van der Waals surface area contributed by atoms with Crippen molar-refractivity contribution >= 4 is 15.2 Å². The maximum absolute atomic E-state index is 2.35. The smallest absolute Gasteiger partial charge is 0.00385 e. The first-order valence-corrected chi connectivity index (χ1v) is 5.12. The molecular formula is C9H10Si. The van der Waals surface area contributed by atoms with Crippen LogP contribution in [0.1, 0.15) is 6.42 Å². The highest BCUT2D eigenvalue weighted by Gasteiger charge is 1.89. The fraction of sp³-hybridized carbons (Fsp3) is 0.222. The molecule has 0 unspecified atom stereocenters. The molecule has 0 bridgehead atoms. The monoisotopic (exact) mass is 146 g/mol. The Morgan fingerprint density at radius 1 is 1.20 bits per heavy atom. The lowest BCUT2D eigenvalue weighted by atomic mass is 10.2. The molecule has 0 saturated heterocycles. The predicted octanol–water partition coefficient (Wildman–Crippen LogP) is 0.976. The fourth-order valence-corrected chi connectivity index (χ4v) is 2.70. The van der Waals surface area contributed by atoms with E-state index in [2.05, 4.69) is 30.3 Å². The van der Waals surface area contributed by atoms with Gasteiger partial charge in [-0.15, -0.1) is 0 Å². The molecule has 1 aromatic carbocycles. The SMILES string of the molecule is C1=c2ccccc2=[SiH]CC1. The average Bonchev–Trinajstić information content (AvgIpc) is 2.05. The molecule has 0 atom stereocenters. The number of rotatable bonds is 0.